The van der Waals surface area contributed by atoms with Crippen LogP contribution in [-0.4, -0.2) is 21.9 Å². The van der Waals surface area contributed by atoms with Crippen LogP contribution in [0, 0.1) is 17.0 Å². The minimum Gasteiger partial charge on any atom is -0.374 e. The van der Waals surface area contributed by atoms with E-state index in [1.165, 1.54) is 6.07 Å². The Morgan fingerprint density at radius 3 is 2.52 bits per heavy atom. The van der Waals surface area contributed by atoms with Crippen molar-refractivity contribution in [1.82, 2.24) is 10.3 Å². The first-order chi connectivity index (χ1) is 11.9. The minimum atomic E-state index is -0.568. The van der Waals surface area contributed by atoms with Crippen LogP contribution in [-0.2, 0) is 17.9 Å². The lowest BCUT2D eigenvalue weighted by Gasteiger charge is -2.09. The van der Waals surface area contributed by atoms with Crippen LogP contribution < -0.4 is 5.32 Å². The van der Waals surface area contributed by atoms with E-state index in [1.54, 1.807) is 6.92 Å². The molecule has 0 aliphatic carbocycles. The van der Waals surface area contributed by atoms with E-state index < -0.39 is 4.92 Å². The van der Waals surface area contributed by atoms with Crippen molar-refractivity contribution in [3.8, 4) is 0 Å². The number of pyridine rings is 1. The zero-order valence-corrected chi connectivity index (χ0v) is 14.5. The maximum atomic E-state index is 12.3. The molecule has 7 heteroatoms. The number of nitrogens with one attached hydrogen (secondary N) is 1. The van der Waals surface area contributed by atoms with Crippen LogP contribution >= 0.6 is 0 Å². The number of carbonyl (C=O) groups is 1. The Kier molecular flexibility index (Phi) is 6.19. The molecule has 2 rings (SSSR count). The lowest BCUT2D eigenvalue weighted by Crippen LogP contribution is -2.24. The molecule has 1 N–H and O–H groups in total. The monoisotopic (exact) mass is 343 g/mol. The van der Waals surface area contributed by atoms with E-state index in [4.69, 9.17) is 4.74 Å². The summed E-state index contributed by atoms with van der Waals surface area (Å²) in [5.41, 5.74) is 2.44. The number of rotatable bonds is 7. The van der Waals surface area contributed by atoms with Gasteiger partial charge in [0.2, 0.25) is 0 Å². The highest BCUT2D eigenvalue weighted by Crippen LogP contribution is 2.15. The fourth-order valence-electron chi connectivity index (χ4n) is 2.15. The average Bonchev–Trinajstić information content (AvgIpc) is 2.58. The van der Waals surface area contributed by atoms with Gasteiger partial charge >= 0.3 is 0 Å². The van der Waals surface area contributed by atoms with Gasteiger partial charge in [0.25, 0.3) is 11.6 Å². The first-order valence-electron chi connectivity index (χ1n) is 7.95. The predicted molar refractivity (Wildman–Crippen MR) is 93.2 cm³/mol. The Morgan fingerprint density at radius 2 is 1.92 bits per heavy atom. The van der Waals surface area contributed by atoms with Crippen LogP contribution in [0.5, 0.6) is 0 Å². The van der Waals surface area contributed by atoms with Gasteiger partial charge in [0.15, 0.2) is 0 Å². The summed E-state index contributed by atoms with van der Waals surface area (Å²) in [4.78, 5) is 26.4. The highest BCUT2D eigenvalue weighted by molar-refractivity contribution is 5.95. The van der Waals surface area contributed by atoms with Crippen molar-refractivity contribution in [3.63, 3.8) is 0 Å². The van der Waals surface area contributed by atoms with Gasteiger partial charge in [-0.1, -0.05) is 24.3 Å². The molecule has 0 saturated heterocycles. The smallest absolute Gasteiger partial charge is 0.288 e. The summed E-state index contributed by atoms with van der Waals surface area (Å²) in [6, 6.07) is 8.97. The van der Waals surface area contributed by atoms with Gasteiger partial charge in [-0.3, -0.25) is 19.9 Å². The molecule has 1 amide bonds. The van der Waals surface area contributed by atoms with Crippen molar-refractivity contribution in [2.24, 2.45) is 0 Å². The molecule has 7 nitrogen and oxygen atoms in total. The molecule has 1 aromatic carbocycles. The molecule has 0 radical (unpaired) electrons. The number of nitro groups is 1. The normalized spacial score (nSPS) is 10.7. The summed E-state index contributed by atoms with van der Waals surface area (Å²) in [7, 11) is 0. The van der Waals surface area contributed by atoms with Crippen molar-refractivity contribution < 1.29 is 14.5 Å². The van der Waals surface area contributed by atoms with E-state index >= 15 is 0 Å². The molecule has 1 aromatic heterocycles. The van der Waals surface area contributed by atoms with E-state index in [0.29, 0.717) is 18.8 Å². The van der Waals surface area contributed by atoms with Crippen LogP contribution in [0.1, 0.15) is 41.0 Å². The van der Waals surface area contributed by atoms with Crippen LogP contribution in [0.4, 0.5) is 5.69 Å². The van der Waals surface area contributed by atoms with Gasteiger partial charge in [-0.25, -0.2) is 0 Å². The molecule has 0 unspecified atom stereocenters. The first-order valence-corrected chi connectivity index (χ1v) is 7.95. The van der Waals surface area contributed by atoms with Crippen molar-refractivity contribution in [1.29, 1.82) is 0 Å². The third-order valence-corrected chi connectivity index (χ3v) is 3.59. The number of aryl methyl sites for hydroxylation is 1. The molecule has 0 bridgehead atoms. The fraction of sp³-hybridized carbons (Fsp3) is 0.333. The number of hydrogen-bond donors (Lipinski definition) is 1. The Labute approximate surface area is 146 Å². The van der Waals surface area contributed by atoms with Crippen LogP contribution in [0.3, 0.4) is 0 Å². The molecule has 0 spiro atoms. The Hall–Kier alpha value is -2.80. The van der Waals surface area contributed by atoms with E-state index in [-0.39, 0.29) is 23.3 Å². The number of nitrogens with zero attached hydrogens (tertiary/aromatic N) is 2. The van der Waals surface area contributed by atoms with E-state index in [9.17, 15) is 14.9 Å². The summed E-state index contributed by atoms with van der Waals surface area (Å²) >= 11 is 0. The Balaban J connectivity index is 1.98. The SMILES string of the molecule is Cc1ncc([N+](=O)[O-])cc1C(=O)NCc1ccc(COC(C)C)cc1. The van der Waals surface area contributed by atoms with Crippen molar-refractivity contribution in [2.75, 3.05) is 0 Å². The topological polar surface area (TPSA) is 94.4 Å². The number of benzene rings is 1. The molecule has 1 heterocycles. The van der Waals surface area contributed by atoms with Gasteiger partial charge in [-0.05, 0) is 31.9 Å². The lowest BCUT2D eigenvalue weighted by atomic mass is 10.1. The van der Waals surface area contributed by atoms with E-state index in [1.807, 2.05) is 38.1 Å². The molecule has 0 fully saturated rings. The number of aromatic nitrogens is 1. The Morgan fingerprint density at radius 1 is 1.28 bits per heavy atom. The highest BCUT2D eigenvalue weighted by atomic mass is 16.6. The summed E-state index contributed by atoms with van der Waals surface area (Å²) < 4.78 is 5.54. The third kappa shape index (κ3) is 5.36. The Bertz CT molecular complexity index is 757. The van der Waals surface area contributed by atoms with Gasteiger partial charge in [0.05, 0.1) is 28.9 Å². The van der Waals surface area contributed by atoms with Gasteiger partial charge in [0.1, 0.15) is 6.20 Å². The van der Waals surface area contributed by atoms with E-state index in [0.717, 1.165) is 17.3 Å². The molecule has 2 aromatic rings. The zero-order chi connectivity index (χ0) is 18.4. The second-order valence-electron chi connectivity index (χ2n) is 5.94. The largest absolute Gasteiger partial charge is 0.374 e. The molecule has 0 aliphatic rings. The fourth-order valence-corrected chi connectivity index (χ4v) is 2.15. The molecular weight excluding hydrogens is 322 g/mol. The third-order valence-electron chi connectivity index (χ3n) is 3.59. The number of hydrogen-bond acceptors (Lipinski definition) is 5. The molecular formula is C18H21N3O4. The second-order valence-corrected chi connectivity index (χ2v) is 5.94. The number of ether oxygens (including phenoxy) is 1. The molecule has 132 valence electrons. The molecule has 0 aliphatic heterocycles. The molecule has 0 saturated carbocycles. The van der Waals surface area contributed by atoms with Gasteiger partial charge in [-0.2, -0.15) is 0 Å². The highest BCUT2D eigenvalue weighted by Gasteiger charge is 2.15. The van der Waals surface area contributed by atoms with Crippen LogP contribution in [0.15, 0.2) is 36.5 Å². The maximum Gasteiger partial charge on any atom is 0.288 e. The number of carbonyl (C=O) groups excluding carboxylic acids is 1. The summed E-state index contributed by atoms with van der Waals surface area (Å²) in [6.45, 7) is 6.47. The second kappa shape index (κ2) is 8.34. The first kappa shape index (κ1) is 18.5. The van der Waals surface area contributed by atoms with Crippen molar-refractivity contribution in [3.05, 3.63) is 69.0 Å². The van der Waals surface area contributed by atoms with Crippen molar-refractivity contribution in [2.45, 2.75) is 40.0 Å². The van der Waals surface area contributed by atoms with Gasteiger partial charge in [-0.15, -0.1) is 0 Å². The average molecular weight is 343 g/mol. The predicted octanol–water partition coefficient (Wildman–Crippen LogP) is 3.15. The number of amides is 1. The van der Waals surface area contributed by atoms with E-state index in [2.05, 4.69) is 10.3 Å². The minimum absolute atomic E-state index is 0.172. The molecule has 25 heavy (non-hydrogen) atoms. The summed E-state index contributed by atoms with van der Waals surface area (Å²) in [6.07, 6.45) is 1.31. The summed E-state index contributed by atoms with van der Waals surface area (Å²) in [5.74, 6) is -0.388. The molecule has 0 atom stereocenters. The van der Waals surface area contributed by atoms with Gasteiger partial charge in [0, 0.05) is 12.6 Å². The summed E-state index contributed by atoms with van der Waals surface area (Å²) in [5, 5.41) is 13.6. The maximum absolute atomic E-state index is 12.3. The standard InChI is InChI=1S/C18H21N3O4/c1-12(2)25-11-15-6-4-14(5-7-15)9-20-18(22)17-8-16(21(23)24)10-19-13(17)3/h4-8,10,12H,9,11H2,1-3H3,(H,20,22). The van der Waals surface area contributed by atoms with Crippen molar-refractivity contribution >= 4 is 11.6 Å². The van der Waals surface area contributed by atoms with Gasteiger partial charge < -0.3 is 10.1 Å². The van der Waals surface area contributed by atoms with Crippen LogP contribution in [0.2, 0.25) is 0 Å². The quantitative estimate of drug-likeness (QED) is 0.615. The lowest BCUT2D eigenvalue weighted by molar-refractivity contribution is -0.385. The zero-order valence-electron chi connectivity index (χ0n) is 14.5. The van der Waals surface area contributed by atoms with Crippen LogP contribution in [0.25, 0.3) is 0 Å².